The molecule has 1 unspecified atom stereocenters. The molecule has 2 N–H and O–H groups in total. The second-order valence-corrected chi connectivity index (χ2v) is 5.86. The normalized spacial score (nSPS) is 17.4. The standard InChI is InChI=1S/C17H21N3O2.ClH/c1-11-5-6-14(8-15(11)17-19-12(2)10-22-17)20-16(21)13-4-3-7-18-9-13;/h5-6,8,10,13,18H,3-4,7,9H2,1-2H3,(H,20,21);1H. The highest BCUT2D eigenvalue weighted by molar-refractivity contribution is 5.93. The molecule has 1 atom stereocenters. The fourth-order valence-electron chi connectivity index (χ4n) is 2.73. The number of hydrogen-bond acceptors (Lipinski definition) is 4. The quantitative estimate of drug-likeness (QED) is 0.903. The van der Waals surface area contributed by atoms with Crippen LogP contribution < -0.4 is 10.6 Å². The number of aryl methyl sites for hydroxylation is 2. The number of nitrogens with one attached hydrogen (secondary N) is 2. The van der Waals surface area contributed by atoms with E-state index < -0.39 is 0 Å². The number of piperidine rings is 1. The van der Waals surface area contributed by atoms with Crippen LogP contribution in [0.15, 0.2) is 28.9 Å². The lowest BCUT2D eigenvalue weighted by Gasteiger charge is -2.22. The summed E-state index contributed by atoms with van der Waals surface area (Å²) in [6, 6.07) is 5.82. The Morgan fingerprint density at radius 3 is 2.87 bits per heavy atom. The van der Waals surface area contributed by atoms with Gasteiger partial charge >= 0.3 is 0 Å². The second-order valence-electron chi connectivity index (χ2n) is 5.86. The molecule has 1 aromatic heterocycles. The molecule has 23 heavy (non-hydrogen) atoms. The van der Waals surface area contributed by atoms with Crippen LogP contribution in [0.3, 0.4) is 0 Å². The Labute approximate surface area is 142 Å². The van der Waals surface area contributed by atoms with Crippen LogP contribution in [0.2, 0.25) is 0 Å². The fraction of sp³-hybridized carbons (Fsp3) is 0.412. The number of aromatic nitrogens is 1. The third-order valence-electron chi connectivity index (χ3n) is 4.02. The SMILES string of the molecule is Cc1coc(-c2cc(NC(=O)C3CCCNC3)ccc2C)n1.Cl. The first-order valence-corrected chi connectivity index (χ1v) is 7.68. The number of hydrogen-bond donors (Lipinski definition) is 2. The van der Waals surface area contributed by atoms with Crippen molar-refractivity contribution in [3.05, 3.63) is 35.7 Å². The smallest absolute Gasteiger partial charge is 0.228 e. The molecule has 3 rings (SSSR count). The van der Waals surface area contributed by atoms with E-state index in [1.807, 2.05) is 32.0 Å². The molecule has 1 saturated heterocycles. The lowest BCUT2D eigenvalue weighted by atomic mass is 9.98. The highest BCUT2D eigenvalue weighted by Crippen LogP contribution is 2.26. The molecule has 0 saturated carbocycles. The van der Waals surface area contributed by atoms with Gasteiger partial charge in [0.1, 0.15) is 6.26 Å². The Morgan fingerprint density at radius 1 is 1.39 bits per heavy atom. The van der Waals surface area contributed by atoms with Crippen molar-refractivity contribution in [2.75, 3.05) is 18.4 Å². The number of halogens is 1. The molecule has 0 aliphatic carbocycles. The summed E-state index contributed by atoms with van der Waals surface area (Å²) in [6.45, 7) is 5.65. The lowest BCUT2D eigenvalue weighted by molar-refractivity contribution is -0.120. The number of oxazole rings is 1. The molecule has 2 heterocycles. The second kappa shape index (κ2) is 7.62. The van der Waals surface area contributed by atoms with Crippen LogP contribution in [0, 0.1) is 19.8 Å². The maximum Gasteiger partial charge on any atom is 0.228 e. The van der Waals surface area contributed by atoms with Crippen LogP contribution in [-0.2, 0) is 4.79 Å². The predicted molar refractivity (Wildman–Crippen MR) is 92.9 cm³/mol. The summed E-state index contributed by atoms with van der Waals surface area (Å²) < 4.78 is 5.47. The van der Waals surface area contributed by atoms with E-state index in [9.17, 15) is 4.79 Å². The van der Waals surface area contributed by atoms with E-state index in [1.54, 1.807) is 6.26 Å². The summed E-state index contributed by atoms with van der Waals surface area (Å²) in [5.74, 6) is 0.707. The Morgan fingerprint density at radius 2 is 2.22 bits per heavy atom. The number of carbonyl (C=O) groups excluding carboxylic acids is 1. The van der Waals surface area contributed by atoms with Crippen LogP contribution in [0.4, 0.5) is 5.69 Å². The summed E-state index contributed by atoms with van der Waals surface area (Å²) in [4.78, 5) is 16.7. The van der Waals surface area contributed by atoms with Crippen LogP contribution in [0.25, 0.3) is 11.5 Å². The monoisotopic (exact) mass is 335 g/mol. The van der Waals surface area contributed by atoms with Crippen molar-refractivity contribution in [1.82, 2.24) is 10.3 Å². The lowest BCUT2D eigenvalue weighted by Crippen LogP contribution is -2.37. The Balaban J connectivity index is 0.00000192. The van der Waals surface area contributed by atoms with Crippen molar-refractivity contribution in [2.45, 2.75) is 26.7 Å². The maximum absolute atomic E-state index is 12.3. The first-order chi connectivity index (χ1) is 10.6. The van der Waals surface area contributed by atoms with E-state index in [4.69, 9.17) is 4.42 Å². The largest absolute Gasteiger partial charge is 0.444 e. The molecule has 1 amide bonds. The van der Waals surface area contributed by atoms with Crippen molar-refractivity contribution in [2.24, 2.45) is 5.92 Å². The number of anilines is 1. The Hall–Kier alpha value is -1.85. The van der Waals surface area contributed by atoms with E-state index in [-0.39, 0.29) is 24.2 Å². The average molecular weight is 336 g/mol. The first kappa shape index (κ1) is 17.5. The van der Waals surface area contributed by atoms with Crippen molar-refractivity contribution >= 4 is 24.0 Å². The summed E-state index contributed by atoms with van der Waals surface area (Å²) in [6.07, 6.45) is 3.62. The number of amides is 1. The van der Waals surface area contributed by atoms with Gasteiger partial charge in [-0.25, -0.2) is 4.98 Å². The molecule has 1 aliphatic rings. The molecule has 1 aromatic carbocycles. The molecule has 2 aromatic rings. The molecule has 1 aliphatic heterocycles. The van der Waals surface area contributed by atoms with E-state index in [0.29, 0.717) is 5.89 Å². The minimum absolute atomic E-state index is 0. The molecule has 6 heteroatoms. The van der Waals surface area contributed by atoms with Gasteiger partial charge in [-0.05, 0) is 50.9 Å². The van der Waals surface area contributed by atoms with E-state index >= 15 is 0 Å². The number of rotatable bonds is 3. The summed E-state index contributed by atoms with van der Waals surface area (Å²) >= 11 is 0. The fourth-order valence-corrected chi connectivity index (χ4v) is 2.73. The third kappa shape index (κ3) is 4.12. The summed E-state index contributed by atoms with van der Waals surface area (Å²) in [5, 5.41) is 6.27. The first-order valence-electron chi connectivity index (χ1n) is 7.68. The van der Waals surface area contributed by atoms with Crippen molar-refractivity contribution < 1.29 is 9.21 Å². The van der Waals surface area contributed by atoms with Crippen molar-refractivity contribution in [3.8, 4) is 11.5 Å². The molecular formula is C17H22ClN3O2. The molecule has 0 bridgehead atoms. The van der Waals surface area contributed by atoms with Crippen LogP contribution in [-0.4, -0.2) is 24.0 Å². The molecule has 5 nitrogen and oxygen atoms in total. The molecular weight excluding hydrogens is 314 g/mol. The van der Waals surface area contributed by atoms with Gasteiger partial charge < -0.3 is 15.1 Å². The minimum atomic E-state index is 0. The molecule has 124 valence electrons. The summed E-state index contributed by atoms with van der Waals surface area (Å²) in [7, 11) is 0. The van der Waals surface area contributed by atoms with Gasteiger partial charge in [-0.15, -0.1) is 12.4 Å². The Bertz CT molecular complexity index is 678. The van der Waals surface area contributed by atoms with Gasteiger partial charge in [-0.2, -0.15) is 0 Å². The van der Waals surface area contributed by atoms with Gasteiger partial charge in [0.15, 0.2) is 0 Å². The highest BCUT2D eigenvalue weighted by atomic mass is 35.5. The van der Waals surface area contributed by atoms with Crippen LogP contribution in [0.5, 0.6) is 0 Å². The maximum atomic E-state index is 12.3. The summed E-state index contributed by atoms with van der Waals surface area (Å²) in [5.41, 5.74) is 3.61. The number of nitrogens with zero attached hydrogens (tertiary/aromatic N) is 1. The zero-order valence-electron chi connectivity index (χ0n) is 13.4. The van der Waals surface area contributed by atoms with Crippen molar-refractivity contribution in [1.29, 1.82) is 0 Å². The third-order valence-corrected chi connectivity index (χ3v) is 4.02. The average Bonchev–Trinajstić information content (AvgIpc) is 2.96. The van der Waals surface area contributed by atoms with Crippen molar-refractivity contribution in [3.63, 3.8) is 0 Å². The van der Waals surface area contributed by atoms with Crippen LogP contribution >= 0.6 is 12.4 Å². The topological polar surface area (TPSA) is 67.2 Å². The predicted octanol–water partition coefficient (Wildman–Crippen LogP) is 3.32. The van der Waals surface area contributed by atoms with Gasteiger partial charge in [0.2, 0.25) is 11.8 Å². The van der Waals surface area contributed by atoms with Gasteiger partial charge in [0.05, 0.1) is 11.6 Å². The van der Waals surface area contributed by atoms with Gasteiger partial charge in [0.25, 0.3) is 0 Å². The van der Waals surface area contributed by atoms with Gasteiger partial charge in [-0.1, -0.05) is 6.07 Å². The number of carbonyl (C=O) groups is 1. The van der Waals surface area contributed by atoms with E-state index in [2.05, 4.69) is 15.6 Å². The molecule has 0 spiro atoms. The molecule has 0 radical (unpaired) electrons. The highest BCUT2D eigenvalue weighted by Gasteiger charge is 2.21. The Kier molecular flexibility index (Phi) is 5.80. The zero-order chi connectivity index (χ0) is 15.5. The number of benzene rings is 1. The van der Waals surface area contributed by atoms with Gasteiger partial charge in [-0.3, -0.25) is 4.79 Å². The molecule has 1 fully saturated rings. The van der Waals surface area contributed by atoms with E-state index in [0.717, 1.165) is 48.4 Å². The van der Waals surface area contributed by atoms with E-state index in [1.165, 1.54) is 0 Å². The zero-order valence-corrected chi connectivity index (χ0v) is 14.2. The minimum Gasteiger partial charge on any atom is -0.444 e. The van der Waals surface area contributed by atoms with Crippen LogP contribution in [0.1, 0.15) is 24.1 Å². The van der Waals surface area contributed by atoms with Gasteiger partial charge in [0, 0.05) is 17.8 Å².